The second kappa shape index (κ2) is 11.0. The predicted molar refractivity (Wildman–Crippen MR) is 203 cm³/mol. The second-order valence-electron chi connectivity index (χ2n) is 12.4. The first kappa shape index (κ1) is 27.5. The summed E-state index contributed by atoms with van der Waals surface area (Å²) in [5.74, 6) is 1.94. The van der Waals surface area contributed by atoms with Gasteiger partial charge in [-0.3, -0.25) is 0 Å². The molecule has 0 saturated carbocycles. The quantitative estimate of drug-likeness (QED) is 0.183. The van der Waals surface area contributed by atoms with Gasteiger partial charge in [-0.2, -0.15) is 0 Å². The number of benzene rings is 8. The molecule has 0 atom stereocenters. The number of para-hydroxylation sites is 1. The van der Waals surface area contributed by atoms with Gasteiger partial charge in [0.2, 0.25) is 0 Å². The minimum Gasteiger partial charge on any atom is -0.309 e. The summed E-state index contributed by atoms with van der Waals surface area (Å²) in [6, 6.07) is 59.8. The lowest BCUT2D eigenvalue weighted by Gasteiger charge is -2.14. The van der Waals surface area contributed by atoms with Crippen molar-refractivity contribution in [1.82, 2.24) is 19.5 Å². The molecule has 0 spiro atoms. The van der Waals surface area contributed by atoms with Crippen molar-refractivity contribution in [1.29, 1.82) is 0 Å². The molecule has 0 radical (unpaired) electrons. The van der Waals surface area contributed by atoms with Crippen LogP contribution in [-0.4, -0.2) is 19.5 Å². The molecule has 0 N–H and O–H groups in total. The molecule has 0 fully saturated rings. The lowest BCUT2D eigenvalue weighted by Crippen LogP contribution is -2.00. The van der Waals surface area contributed by atoms with Crippen molar-refractivity contribution >= 4 is 54.1 Å². The summed E-state index contributed by atoms with van der Waals surface area (Å²) < 4.78 is 2.38. The molecule has 8 aromatic carbocycles. The Bertz CT molecular complexity index is 2780. The van der Waals surface area contributed by atoms with Gasteiger partial charge in [0, 0.05) is 33.2 Å². The molecule has 0 aliphatic heterocycles. The van der Waals surface area contributed by atoms with Gasteiger partial charge < -0.3 is 4.57 Å². The molecule has 4 nitrogen and oxygen atoms in total. The van der Waals surface area contributed by atoms with E-state index in [9.17, 15) is 0 Å². The van der Waals surface area contributed by atoms with E-state index >= 15 is 0 Å². The molecular weight excluding hydrogens is 597 g/mol. The van der Waals surface area contributed by atoms with Crippen molar-refractivity contribution in [2.24, 2.45) is 0 Å². The van der Waals surface area contributed by atoms with Crippen molar-refractivity contribution in [3.05, 3.63) is 170 Å². The number of nitrogens with zero attached hydrogens (tertiary/aromatic N) is 4. The Morgan fingerprint density at radius 3 is 1.31 bits per heavy atom. The summed E-state index contributed by atoms with van der Waals surface area (Å²) in [6.45, 7) is 0. The van der Waals surface area contributed by atoms with E-state index in [2.05, 4.69) is 114 Å². The highest BCUT2D eigenvalue weighted by Crippen LogP contribution is 2.39. The molecule has 2 aromatic heterocycles. The summed E-state index contributed by atoms with van der Waals surface area (Å²) in [5.41, 5.74) is 6.21. The first-order valence-electron chi connectivity index (χ1n) is 16.5. The van der Waals surface area contributed by atoms with Gasteiger partial charge in [0.05, 0.1) is 11.0 Å². The van der Waals surface area contributed by atoms with Crippen LogP contribution < -0.4 is 0 Å². The van der Waals surface area contributed by atoms with Crippen molar-refractivity contribution in [2.45, 2.75) is 0 Å². The van der Waals surface area contributed by atoms with Crippen LogP contribution >= 0.6 is 0 Å². The Balaban J connectivity index is 1.23. The largest absolute Gasteiger partial charge is 0.309 e. The smallest absolute Gasteiger partial charge is 0.164 e. The van der Waals surface area contributed by atoms with Crippen molar-refractivity contribution in [3.63, 3.8) is 0 Å². The van der Waals surface area contributed by atoms with Crippen molar-refractivity contribution in [2.75, 3.05) is 0 Å². The predicted octanol–water partition coefficient (Wildman–Crippen LogP) is 11.4. The zero-order valence-corrected chi connectivity index (χ0v) is 26.5. The fraction of sp³-hybridized carbons (Fsp3) is 0. The van der Waals surface area contributed by atoms with Crippen molar-refractivity contribution < 1.29 is 0 Å². The Kier molecular flexibility index (Phi) is 6.15. The molecule has 2 heterocycles. The summed E-state index contributed by atoms with van der Waals surface area (Å²) in [4.78, 5) is 15.0. The van der Waals surface area contributed by atoms with E-state index < -0.39 is 0 Å². The number of hydrogen-bond acceptors (Lipinski definition) is 3. The maximum absolute atomic E-state index is 5.04. The van der Waals surface area contributed by atoms with Crippen LogP contribution in [0.25, 0.3) is 94.0 Å². The van der Waals surface area contributed by atoms with E-state index in [0.717, 1.165) is 33.4 Å². The Labute approximate surface area is 282 Å². The molecule has 0 amide bonds. The molecule has 4 heteroatoms. The van der Waals surface area contributed by atoms with Crippen LogP contribution in [0.2, 0.25) is 0 Å². The van der Waals surface area contributed by atoms with Crippen LogP contribution in [0.15, 0.2) is 170 Å². The molecule has 10 aromatic rings. The first-order valence-corrected chi connectivity index (χ1v) is 16.5. The van der Waals surface area contributed by atoms with Gasteiger partial charge in [0.1, 0.15) is 0 Å². The Morgan fingerprint density at radius 2 is 0.714 bits per heavy atom. The molecular formula is C45H28N4. The van der Waals surface area contributed by atoms with Gasteiger partial charge in [-0.25, -0.2) is 15.0 Å². The van der Waals surface area contributed by atoms with Crippen LogP contribution in [0.1, 0.15) is 0 Å². The van der Waals surface area contributed by atoms with E-state index in [-0.39, 0.29) is 0 Å². The van der Waals surface area contributed by atoms with Crippen LogP contribution in [0.3, 0.4) is 0 Å². The van der Waals surface area contributed by atoms with E-state index in [1.54, 1.807) is 0 Å². The highest BCUT2D eigenvalue weighted by atomic mass is 15.0. The van der Waals surface area contributed by atoms with E-state index in [1.165, 1.54) is 43.1 Å². The maximum atomic E-state index is 5.04. The second-order valence-corrected chi connectivity index (χ2v) is 12.4. The molecule has 49 heavy (non-hydrogen) atoms. The highest BCUT2D eigenvalue weighted by Gasteiger charge is 2.17. The van der Waals surface area contributed by atoms with Gasteiger partial charge in [-0.05, 0) is 56.6 Å². The average molecular weight is 625 g/mol. The van der Waals surface area contributed by atoms with Gasteiger partial charge in [-0.15, -0.1) is 0 Å². The lowest BCUT2D eigenvalue weighted by molar-refractivity contribution is 1.07. The summed E-state index contributed by atoms with van der Waals surface area (Å²) in [7, 11) is 0. The van der Waals surface area contributed by atoms with Crippen LogP contribution in [0, 0.1) is 0 Å². The van der Waals surface area contributed by atoms with Crippen LogP contribution in [-0.2, 0) is 0 Å². The summed E-state index contributed by atoms with van der Waals surface area (Å²) >= 11 is 0. The SMILES string of the molecule is c1ccc(-c2nc(-c3ccccc3)nc(-c3ccc4c5ccccc5n(-c5ccc6c7ccccc7c7ccccc7c6c5)c4c3)n2)cc1. The molecule has 228 valence electrons. The maximum Gasteiger partial charge on any atom is 0.164 e. The zero-order chi connectivity index (χ0) is 32.3. The lowest BCUT2D eigenvalue weighted by atomic mass is 9.94. The average Bonchev–Trinajstić information content (AvgIpc) is 3.52. The third kappa shape index (κ3) is 4.42. The van der Waals surface area contributed by atoms with Gasteiger partial charge in [0.25, 0.3) is 0 Å². The number of aromatic nitrogens is 4. The minimum absolute atomic E-state index is 0.641. The first-order chi connectivity index (χ1) is 24.3. The number of fused-ring (bicyclic) bond motifs is 9. The fourth-order valence-electron chi connectivity index (χ4n) is 7.36. The van der Waals surface area contributed by atoms with E-state index in [0.29, 0.717) is 17.5 Å². The van der Waals surface area contributed by atoms with Crippen LogP contribution in [0.5, 0.6) is 0 Å². The molecule has 0 saturated heterocycles. The molecule has 0 unspecified atom stereocenters. The van der Waals surface area contributed by atoms with Crippen LogP contribution in [0.4, 0.5) is 0 Å². The minimum atomic E-state index is 0.641. The molecule has 0 aliphatic rings. The summed E-state index contributed by atoms with van der Waals surface area (Å²) in [6.07, 6.45) is 0. The van der Waals surface area contributed by atoms with E-state index in [1.807, 2.05) is 60.7 Å². The molecule has 0 aliphatic carbocycles. The highest BCUT2D eigenvalue weighted by molar-refractivity contribution is 6.25. The Hall–Kier alpha value is -6.65. The molecule has 0 bridgehead atoms. The topological polar surface area (TPSA) is 43.6 Å². The molecule has 10 rings (SSSR count). The van der Waals surface area contributed by atoms with Gasteiger partial charge in [0.15, 0.2) is 17.5 Å². The number of hydrogen-bond donors (Lipinski definition) is 0. The van der Waals surface area contributed by atoms with E-state index in [4.69, 9.17) is 15.0 Å². The third-order valence-electron chi connectivity index (χ3n) is 9.62. The zero-order valence-electron chi connectivity index (χ0n) is 26.5. The van der Waals surface area contributed by atoms with Crippen molar-refractivity contribution in [3.8, 4) is 39.9 Å². The fourth-order valence-corrected chi connectivity index (χ4v) is 7.36. The van der Waals surface area contributed by atoms with Gasteiger partial charge >= 0.3 is 0 Å². The number of rotatable bonds is 4. The third-order valence-corrected chi connectivity index (χ3v) is 9.62. The Morgan fingerprint density at radius 1 is 0.286 bits per heavy atom. The normalized spacial score (nSPS) is 11.7. The monoisotopic (exact) mass is 624 g/mol. The van der Waals surface area contributed by atoms with Gasteiger partial charge in [-0.1, -0.05) is 146 Å². The summed E-state index contributed by atoms with van der Waals surface area (Å²) in [5, 5.41) is 9.96. The standard InChI is InChI=1S/C45H28N4/c1-3-13-29(14-4-1)43-46-44(30-15-5-2-6-16-30)48-45(47-43)31-23-25-39-38-21-11-12-22-41(38)49(42(39)27-31)32-24-26-37-35-19-8-7-17-33(35)34-18-9-10-20-36(34)40(37)28-32/h1-28H.